The van der Waals surface area contributed by atoms with Crippen molar-refractivity contribution in [1.82, 2.24) is 4.90 Å². The molecule has 1 aliphatic carbocycles. The lowest BCUT2D eigenvalue weighted by molar-refractivity contribution is -0.126. The van der Waals surface area contributed by atoms with Gasteiger partial charge in [0.05, 0.1) is 7.11 Å². The first kappa shape index (κ1) is 14.6. The summed E-state index contributed by atoms with van der Waals surface area (Å²) in [5, 5.41) is 0. The van der Waals surface area contributed by atoms with Crippen LogP contribution in [0.5, 0.6) is 5.75 Å². The zero-order chi connectivity index (χ0) is 14.7. The van der Waals surface area contributed by atoms with Gasteiger partial charge in [0.2, 0.25) is 0 Å². The van der Waals surface area contributed by atoms with Crippen molar-refractivity contribution >= 4 is 5.78 Å². The first-order valence-electron chi connectivity index (χ1n) is 8.17. The average Bonchev–Trinajstić information content (AvgIpc) is 2.96. The summed E-state index contributed by atoms with van der Waals surface area (Å²) in [6.45, 7) is 2.08. The van der Waals surface area contributed by atoms with Gasteiger partial charge in [-0.3, -0.25) is 9.69 Å². The van der Waals surface area contributed by atoms with Gasteiger partial charge in [-0.1, -0.05) is 18.6 Å². The van der Waals surface area contributed by atoms with Crippen LogP contribution in [0.1, 0.15) is 44.1 Å². The Morgan fingerprint density at radius 3 is 2.67 bits per heavy atom. The van der Waals surface area contributed by atoms with E-state index >= 15 is 0 Å². The van der Waals surface area contributed by atoms with Crippen LogP contribution >= 0.6 is 0 Å². The van der Waals surface area contributed by atoms with Gasteiger partial charge in [-0.2, -0.15) is 0 Å². The molecule has 0 bridgehead atoms. The summed E-state index contributed by atoms with van der Waals surface area (Å²) in [7, 11) is 1.69. The summed E-state index contributed by atoms with van der Waals surface area (Å²) in [4.78, 5) is 14.7. The van der Waals surface area contributed by atoms with Gasteiger partial charge in [0.1, 0.15) is 11.5 Å². The fraction of sp³-hybridized carbons (Fsp3) is 0.611. The molecule has 3 heteroatoms. The highest BCUT2D eigenvalue weighted by atomic mass is 16.5. The largest absolute Gasteiger partial charge is 0.497 e. The summed E-state index contributed by atoms with van der Waals surface area (Å²) in [5.74, 6) is 1.70. The van der Waals surface area contributed by atoms with Crippen molar-refractivity contribution in [3.8, 4) is 5.75 Å². The number of hydrogen-bond acceptors (Lipinski definition) is 3. The highest BCUT2D eigenvalue weighted by molar-refractivity contribution is 5.82. The lowest BCUT2D eigenvalue weighted by atomic mass is 9.82. The SMILES string of the molecule is COc1ccc(CN2CCCC2C2CCCCC2=O)cc1. The lowest BCUT2D eigenvalue weighted by Gasteiger charge is -2.33. The quantitative estimate of drug-likeness (QED) is 0.850. The minimum absolute atomic E-state index is 0.291. The van der Waals surface area contributed by atoms with E-state index in [0.29, 0.717) is 17.7 Å². The average molecular weight is 287 g/mol. The van der Waals surface area contributed by atoms with Crippen molar-refractivity contribution in [2.75, 3.05) is 13.7 Å². The molecule has 114 valence electrons. The van der Waals surface area contributed by atoms with Crippen LogP contribution in [-0.2, 0) is 11.3 Å². The maximum Gasteiger partial charge on any atom is 0.137 e. The zero-order valence-corrected chi connectivity index (χ0v) is 12.9. The second-order valence-corrected chi connectivity index (χ2v) is 6.35. The molecule has 0 radical (unpaired) electrons. The number of hydrogen-bond donors (Lipinski definition) is 0. The van der Waals surface area contributed by atoms with Crippen molar-refractivity contribution in [2.24, 2.45) is 5.92 Å². The normalized spacial score (nSPS) is 27.0. The molecule has 0 spiro atoms. The number of carbonyl (C=O) groups is 1. The first-order chi connectivity index (χ1) is 10.3. The highest BCUT2D eigenvalue weighted by Gasteiger charge is 2.36. The van der Waals surface area contributed by atoms with E-state index in [9.17, 15) is 4.79 Å². The van der Waals surface area contributed by atoms with Gasteiger partial charge >= 0.3 is 0 Å². The molecule has 0 N–H and O–H groups in total. The third-order valence-corrected chi connectivity index (χ3v) is 5.03. The smallest absolute Gasteiger partial charge is 0.137 e. The monoisotopic (exact) mass is 287 g/mol. The predicted molar refractivity (Wildman–Crippen MR) is 83.4 cm³/mol. The number of rotatable bonds is 4. The minimum Gasteiger partial charge on any atom is -0.497 e. The molecular weight excluding hydrogens is 262 g/mol. The highest BCUT2D eigenvalue weighted by Crippen LogP contribution is 2.33. The van der Waals surface area contributed by atoms with Crippen LogP contribution in [0.2, 0.25) is 0 Å². The van der Waals surface area contributed by atoms with Crippen LogP contribution in [0.25, 0.3) is 0 Å². The van der Waals surface area contributed by atoms with Crippen molar-refractivity contribution in [3.63, 3.8) is 0 Å². The number of methoxy groups -OCH3 is 1. The van der Waals surface area contributed by atoms with E-state index in [1.807, 2.05) is 12.1 Å². The van der Waals surface area contributed by atoms with Gasteiger partial charge in [0, 0.05) is 24.9 Å². The molecule has 0 aromatic heterocycles. The Hall–Kier alpha value is -1.35. The first-order valence-corrected chi connectivity index (χ1v) is 8.17. The van der Waals surface area contributed by atoms with Crippen LogP contribution in [0.4, 0.5) is 0 Å². The second kappa shape index (κ2) is 6.61. The van der Waals surface area contributed by atoms with Gasteiger partial charge in [0.25, 0.3) is 0 Å². The Kier molecular flexibility index (Phi) is 4.59. The maximum atomic E-state index is 12.2. The van der Waals surface area contributed by atoms with Crippen LogP contribution in [0.3, 0.4) is 0 Å². The van der Waals surface area contributed by atoms with Gasteiger partial charge < -0.3 is 4.74 Å². The van der Waals surface area contributed by atoms with Crippen LogP contribution in [-0.4, -0.2) is 30.4 Å². The van der Waals surface area contributed by atoms with E-state index < -0.39 is 0 Å². The molecule has 2 unspecified atom stereocenters. The van der Waals surface area contributed by atoms with E-state index in [1.165, 1.54) is 24.8 Å². The van der Waals surface area contributed by atoms with Crippen LogP contribution in [0.15, 0.2) is 24.3 Å². The van der Waals surface area contributed by atoms with Gasteiger partial charge in [-0.25, -0.2) is 0 Å². The van der Waals surface area contributed by atoms with Crippen LogP contribution in [0, 0.1) is 5.92 Å². The summed E-state index contributed by atoms with van der Waals surface area (Å²) in [6, 6.07) is 8.78. The van der Waals surface area contributed by atoms with E-state index in [-0.39, 0.29) is 0 Å². The Balaban J connectivity index is 1.67. The Morgan fingerprint density at radius 2 is 1.95 bits per heavy atom. The lowest BCUT2D eigenvalue weighted by Crippen LogP contribution is -2.40. The van der Waals surface area contributed by atoms with Crippen molar-refractivity contribution in [2.45, 2.75) is 51.1 Å². The topological polar surface area (TPSA) is 29.5 Å². The maximum absolute atomic E-state index is 12.2. The number of carbonyl (C=O) groups excluding carboxylic acids is 1. The van der Waals surface area contributed by atoms with Gasteiger partial charge in [-0.05, 0) is 49.9 Å². The molecule has 2 aliphatic rings. The number of Topliss-reactive ketones (excluding diaryl/α,β-unsaturated/α-hetero) is 1. The van der Waals surface area contributed by atoms with Crippen molar-refractivity contribution < 1.29 is 9.53 Å². The molecule has 0 amide bonds. The Morgan fingerprint density at radius 1 is 1.14 bits per heavy atom. The third-order valence-electron chi connectivity index (χ3n) is 5.03. The van der Waals surface area contributed by atoms with E-state index in [2.05, 4.69) is 17.0 Å². The third kappa shape index (κ3) is 3.29. The molecule has 21 heavy (non-hydrogen) atoms. The Bertz CT molecular complexity index is 482. The summed E-state index contributed by atoms with van der Waals surface area (Å²) in [6.07, 6.45) is 6.64. The molecule has 2 atom stereocenters. The Labute approximate surface area is 127 Å². The fourth-order valence-corrected chi connectivity index (χ4v) is 3.89. The summed E-state index contributed by atoms with van der Waals surface area (Å²) >= 11 is 0. The number of benzene rings is 1. The summed E-state index contributed by atoms with van der Waals surface area (Å²) < 4.78 is 5.21. The number of nitrogens with zero attached hydrogens (tertiary/aromatic N) is 1. The molecular formula is C18H25NO2. The molecule has 2 fully saturated rings. The molecule has 3 nitrogen and oxygen atoms in total. The minimum atomic E-state index is 0.291. The molecule has 1 aromatic rings. The van der Waals surface area contributed by atoms with Gasteiger partial charge in [-0.15, -0.1) is 0 Å². The van der Waals surface area contributed by atoms with E-state index in [4.69, 9.17) is 4.74 Å². The number of ether oxygens (including phenoxy) is 1. The molecule has 1 saturated heterocycles. The molecule has 3 rings (SSSR count). The molecule has 1 aliphatic heterocycles. The van der Waals surface area contributed by atoms with Crippen molar-refractivity contribution in [3.05, 3.63) is 29.8 Å². The fourth-order valence-electron chi connectivity index (χ4n) is 3.89. The molecule has 1 saturated carbocycles. The van der Waals surface area contributed by atoms with Crippen molar-refractivity contribution in [1.29, 1.82) is 0 Å². The number of ketones is 1. The van der Waals surface area contributed by atoms with Gasteiger partial charge in [0.15, 0.2) is 0 Å². The second-order valence-electron chi connectivity index (χ2n) is 6.35. The number of likely N-dealkylation sites (tertiary alicyclic amines) is 1. The predicted octanol–water partition coefficient (Wildman–Crippen LogP) is 3.42. The standard InChI is InChI=1S/C18H25NO2/c1-21-15-10-8-14(9-11-15)13-19-12-4-6-17(19)16-5-2-3-7-18(16)20/h8-11,16-17H,2-7,12-13H2,1H3. The van der Waals surface area contributed by atoms with E-state index in [0.717, 1.165) is 38.1 Å². The summed E-state index contributed by atoms with van der Waals surface area (Å²) in [5.41, 5.74) is 1.31. The molecule has 1 heterocycles. The zero-order valence-electron chi connectivity index (χ0n) is 12.9. The molecule has 1 aromatic carbocycles. The van der Waals surface area contributed by atoms with E-state index in [1.54, 1.807) is 7.11 Å². The van der Waals surface area contributed by atoms with Crippen LogP contribution < -0.4 is 4.74 Å².